The van der Waals surface area contributed by atoms with Crippen LogP contribution in [0.2, 0.25) is 0 Å². The van der Waals surface area contributed by atoms with Gasteiger partial charge in [-0.2, -0.15) is 15.6 Å². The lowest BCUT2D eigenvalue weighted by Gasteiger charge is -2.18. The number of nitrogens with zero attached hydrogens (tertiary/aromatic N) is 6. The quantitative estimate of drug-likeness (QED) is 0.735. The summed E-state index contributed by atoms with van der Waals surface area (Å²) in [6, 6.07) is 4.33. The molecule has 0 spiro atoms. The fraction of sp³-hybridized carbons (Fsp3) is 0.353. The first-order valence-electron chi connectivity index (χ1n) is 7.81. The van der Waals surface area contributed by atoms with Gasteiger partial charge in [-0.05, 0) is 12.0 Å². The molecule has 0 atom stereocenters. The van der Waals surface area contributed by atoms with E-state index in [0.717, 1.165) is 5.56 Å². The van der Waals surface area contributed by atoms with E-state index in [2.05, 4.69) is 22.2 Å². The lowest BCUT2D eigenvalue weighted by atomic mass is 10.0. The Balaban J connectivity index is 2.35. The van der Waals surface area contributed by atoms with Crippen LogP contribution in [0.15, 0.2) is 17.4 Å². The summed E-state index contributed by atoms with van der Waals surface area (Å²) in [6.07, 6.45) is 3.81. The standard InChI is InChI=1S/C17H18N6O2S/c1-4-12-13(5-18)16(22(2)3)21-17(14(12)6-19)26-10-11-7-20-23(8-11)9-15(24)25/h7-8H,4,9-10H2,1-3H3,(H,24,25). The highest BCUT2D eigenvalue weighted by Crippen LogP contribution is 2.32. The number of rotatable bonds is 7. The van der Waals surface area contributed by atoms with Crippen LogP contribution in [-0.2, 0) is 23.5 Å². The number of nitriles is 2. The zero-order valence-electron chi connectivity index (χ0n) is 14.7. The van der Waals surface area contributed by atoms with E-state index in [1.165, 1.54) is 16.4 Å². The zero-order valence-corrected chi connectivity index (χ0v) is 15.5. The lowest BCUT2D eigenvalue weighted by Crippen LogP contribution is -2.15. The summed E-state index contributed by atoms with van der Waals surface area (Å²) in [5.74, 6) is 0.0620. The Labute approximate surface area is 155 Å². The molecule has 2 aromatic rings. The fourth-order valence-corrected chi connectivity index (χ4v) is 3.39. The highest BCUT2D eigenvalue weighted by molar-refractivity contribution is 7.98. The van der Waals surface area contributed by atoms with Crippen molar-refractivity contribution < 1.29 is 9.90 Å². The SMILES string of the molecule is CCc1c(C#N)c(SCc2cnn(CC(=O)O)c2)nc(N(C)C)c1C#N. The smallest absolute Gasteiger partial charge is 0.325 e. The number of thioether (sulfide) groups is 1. The molecule has 0 saturated carbocycles. The normalized spacial score (nSPS) is 10.2. The molecule has 134 valence electrons. The van der Waals surface area contributed by atoms with Crippen LogP contribution in [0, 0.1) is 22.7 Å². The number of anilines is 1. The molecule has 0 aromatic carbocycles. The van der Waals surface area contributed by atoms with Gasteiger partial charge in [-0.25, -0.2) is 4.98 Å². The van der Waals surface area contributed by atoms with Crippen molar-refractivity contribution in [2.24, 2.45) is 0 Å². The maximum Gasteiger partial charge on any atom is 0.325 e. The van der Waals surface area contributed by atoms with Crippen molar-refractivity contribution >= 4 is 23.5 Å². The van der Waals surface area contributed by atoms with E-state index in [4.69, 9.17) is 5.11 Å². The molecular weight excluding hydrogens is 352 g/mol. The molecule has 0 fully saturated rings. The molecule has 0 amide bonds. The van der Waals surface area contributed by atoms with E-state index in [9.17, 15) is 15.3 Å². The van der Waals surface area contributed by atoms with Gasteiger partial charge in [-0.15, -0.1) is 11.8 Å². The highest BCUT2D eigenvalue weighted by Gasteiger charge is 2.20. The first-order chi connectivity index (χ1) is 12.4. The second-order valence-electron chi connectivity index (χ2n) is 5.67. The minimum atomic E-state index is -0.962. The van der Waals surface area contributed by atoms with Crippen molar-refractivity contribution in [2.75, 3.05) is 19.0 Å². The number of hydrogen-bond donors (Lipinski definition) is 1. The van der Waals surface area contributed by atoms with Crippen molar-refractivity contribution in [2.45, 2.75) is 30.7 Å². The molecular formula is C17H18N6O2S. The minimum Gasteiger partial charge on any atom is -0.480 e. The molecule has 2 rings (SSSR count). The van der Waals surface area contributed by atoms with Gasteiger partial charge in [0.15, 0.2) is 0 Å². The van der Waals surface area contributed by atoms with Crippen LogP contribution in [0.25, 0.3) is 0 Å². The second-order valence-corrected chi connectivity index (χ2v) is 6.63. The number of carboxylic acid groups (broad SMARTS) is 1. The molecule has 26 heavy (non-hydrogen) atoms. The van der Waals surface area contributed by atoms with Crippen molar-refractivity contribution in [1.29, 1.82) is 10.5 Å². The number of hydrogen-bond acceptors (Lipinski definition) is 7. The number of pyridine rings is 1. The van der Waals surface area contributed by atoms with Crippen LogP contribution in [-0.4, -0.2) is 39.9 Å². The van der Waals surface area contributed by atoms with E-state index >= 15 is 0 Å². The van der Waals surface area contributed by atoms with Crippen molar-refractivity contribution in [1.82, 2.24) is 14.8 Å². The van der Waals surface area contributed by atoms with Crippen molar-refractivity contribution in [3.63, 3.8) is 0 Å². The van der Waals surface area contributed by atoms with E-state index in [1.807, 2.05) is 6.92 Å². The summed E-state index contributed by atoms with van der Waals surface area (Å²) in [5.41, 5.74) is 2.36. The van der Waals surface area contributed by atoms with Gasteiger partial charge >= 0.3 is 5.97 Å². The maximum atomic E-state index is 10.7. The Morgan fingerprint density at radius 3 is 2.58 bits per heavy atom. The first-order valence-corrected chi connectivity index (χ1v) is 8.80. The monoisotopic (exact) mass is 370 g/mol. The van der Waals surface area contributed by atoms with Crippen molar-refractivity contribution in [3.8, 4) is 12.1 Å². The van der Waals surface area contributed by atoms with Crippen LogP contribution < -0.4 is 4.90 Å². The average molecular weight is 370 g/mol. The Hall–Kier alpha value is -3.04. The summed E-state index contributed by atoms with van der Waals surface area (Å²) >= 11 is 1.37. The predicted molar refractivity (Wildman–Crippen MR) is 96.8 cm³/mol. The molecule has 0 saturated heterocycles. The largest absolute Gasteiger partial charge is 0.480 e. The van der Waals surface area contributed by atoms with Gasteiger partial charge in [-0.1, -0.05) is 6.92 Å². The molecule has 8 nitrogen and oxygen atoms in total. The Morgan fingerprint density at radius 2 is 2.04 bits per heavy atom. The maximum absolute atomic E-state index is 10.7. The van der Waals surface area contributed by atoms with Gasteiger partial charge in [0.25, 0.3) is 0 Å². The summed E-state index contributed by atoms with van der Waals surface area (Å²) < 4.78 is 1.35. The third-order valence-electron chi connectivity index (χ3n) is 3.61. The third kappa shape index (κ3) is 4.13. The Bertz CT molecular complexity index is 907. The highest BCUT2D eigenvalue weighted by atomic mass is 32.2. The van der Waals surface area contributed by atoms with Crippen LogP contribution in [0.5, 0.6) is 0 Å². The van der Waals surface area contributed by atoms with E-state index in [-0.39, 0.29) is 6.54 Å². The van der Waals surface area contributed by atoms with Crippen LogP contribution >= 0.6 is 11.8 Å². The van der Waals surface area contributed by atoms with Crippen LogP contribution in [0.3, 0.4) is 0 Å². The first kappa shape index (κ1) is 19.3. The Morgan fingerprint density at radius 1 is 1.35 bits per heavy atom. The molecule has 0 unspecified atom stereocenters. The van der Waals surface area contributed by atoms with Gasteiger partial charge in [0.05, 0.1) is 17.3 Å². The number of aliphatic carboxylic acids is 1. The molecule has 0 aliphatic heterocycles. The van der Waals surface area contributed by atoms with Gasteiger partial charge in [-0.3, -0.25) is 9.48 Å². The summed E-state index contributed by atoms with van der Waals surface area (Å²) in [5, 5.41) is 32.4. The molecule has 1 N–H and O–H groups in total. The van der Waals surface area contributed by atoms with E-state index < -0.39 is 5.97 Å². The van der Waals surface area contributed by atoms with E-state index in [1.54, 1.807) is 31.4 Å². The molecule has 0 radical (unpaired) electrons. The van der Waals surface area contributed by atoms with Crippen molar-refractivity contribution in [3.05, 3.63) is 34.6 Å². The predicted octanol–water partition coefficient (Wildman–Crippen LogP) is 2.03. The summed E-state index contributed by atoms with van der Waals surface area (Å²) in [6.45, 7) is 1.70. The van der Waals surface area contributed by atoms with Gasteiger partial charge in [0, 0.05) is 31.6 Å². The molecule has 9 heteroatoms. The minimum absolute atomic E-state index is 0.200. The number of carboxylic acids is 1. The van der Waals surface area contributed by atoms with Gasteiger partial charge < -0.3 is 10.0 Å². The fourth-order valence-electron chi connectivity index (χ4n) is 2.47. The number of carbonyl (C=O) groups is 1. The molecule has 0 bridgehead atoms. The molecule has 2 heterocycles. The second kappa shape index (κ2) is 8.37. The lowest BCUT2D eigenvalue weighted by molar-refractivity contribution is -0.137. The third-order valence-corrected chi connectivity index (χ3v) is 4.66. The molecule has 2 aromatic heterocycles. The number of aromatic nitrogens is 3. The van der Waals surface area contributed by atoms with Gasteiger partial charge in [0.2, 0.25) is 0 Å². The summed E-state index contributed by atoms with van der Waals surface area (Å²) in [7, 11) is 3.61. The summed E-state index contributed by atoms with van der Waals surface area (Å²) in [4.78, 5) is 17.0. The Kier molecular flexibility index (Phi) is 6.21. The van der Waals surface area contributed by atoms with E-state index in [0.29, 0.717) is 39.7 Å². The molecule has 0 aliphatic carbocycles. The van der Waals surface area contributed by atoms with Crippen LogP contribution in [0.4, 0.5) is 5.82 Å². The average Bonchev–Trinajstić information content (AvgIpc) is 3.04. The van der Waals surface area contributed by atoms with Crippen LogP contribution in [0.1, 0.15) is 29.2 Å². The molecule has 0 aliphatic rings. The topological polar surface area (TPSA) is 119 Å². The van der Waals surface area contributed by atoms with Gasteiger partial charge in [0.1, 0.15) is 29.5 Å². The zero-order chi connectivity index (χ0) is 19.3.